The van der Waals surface area contributed by atoms with Crippen LogP contribution >= 0.6 is 7.82 Å². The van der Waals surface area contributed by atoms with Gasteiger partial charge in [0.05, 0.1) is 33.8 Å². The Morgan fingerprint density at radius 3 is 1.01 bits per heavy atom. The van der Waals surface area contributed by atoms with Crippen molar-refractivity contribution in [2.24, 2.45) is 0 Å². The standard InChI is InChI=1S/C71H141N2O7P/c1-7-10-13-16-19-22-25-28-30-32-33-34-35-36-37-38-39-40-41-42-44-46-49-52-55-58-61-64-71(75)80-69(62-59-56-53-50-47-27-24-21-18-15-12-9-3)68(67-79-81(76,77)78-66-65-73(4,5)6)72-70(74)63-60-57-54-51-48-45-43-31-29-26-23-20-17-14-11-8-2/h59,62,68-69H,7-58,60-61,63-67H2,1-6H3,(H-,72,74,76,77)/b62-59-. The highest BCUT2D eigenvalue weighted by molar-refractivity contribution is 7.45. The number of hydrogen-bond acceptors (Lipinski definition) is 7. The molecule has 0 aliphatic carbocycles. The lowest BCUT2D eigenvalue weighted by Gasteiger charge is -2.30. The minimum atomic E-state index is -4.69. The molecule has 3 unspecified atom stereocenters. The summed E-state index contributed by atoms with van der Waals surface area (Å²) >= 11 is 0. The Balaban J connectivity index is 4.93. The summed E-state index contributed by atoms with van der Waals surface area (Å²) in [5.74, 6) is -0.514. The molecule has 0 radical (unpaired) electrons. The number of amides is 1. The maximum Gasteiger partial charge on any atom is 0.306 e. The lowest BCUT2D eigenvalue weighted by Crippen LogP contribution is -2.47. The van der Waals surface area contributed by atoms with Gasteiger partial charge in [0.1, 0.15) is 19.3 Å². The Labute approximate surface area is 505 Å². The van der Waals surface area contributed by atoms with Gasteiger partial charge in [0, 0.05) is 12.8 Å². The lowest BCUT2D eigenvalue weighted by atomic mass is 10.0. The van der Waals surface area contributed by atoms with Crippen molar-refractivity contribution in [3.63, 3.8) is 0 Å². The summed E-state index contributed by atoms with van der Waals surface area (Å²) < 4.78 is 30.4. The Morgan fingerprint density at radius 2 is 0.704 bits per heavy atom. The third-order valence-electron chi connectivity index (χ3n) is 16.7. The SMILES string of the molecule is CCCCCCCCCCCC/C=C\C(OC(=O)CCCCCCCCCCCCCCCCCCCCCCCCCCCCC)C(COP(=O)([O-])OCC[N+](C)(C)C)NC(=O)CCCCCCCCCCCCCCCCCC. The van der Waals surface area contributed by atoms with E-state index in [1.54, 1.807) is 0 Å². The molecule has 1 amide bonds. The number of ether oxygens (including phenoxy) is 1. The fraction of sp³-hybridized carbons (Fsp3) is 0.944. The van der Waals surface area contributed by atoms with Crippen LogP contribution in [0.1, 0.15) is 380 Å². The molecule has 0 saturated carbocycles. The van der Waals surface area contributed by atoms with Crippen LogP contribution in [-0.4, -0.2) is 69.4 Å². The summed E-state index contributed by atoms with van der Waals surface area (Å²) in [4.78, 5) is 40.1. The van der Waals surface area contributed by atoms with Crippen molar-refractivity contribution in [3.05, 3.63) is 12.2 Å². The van der Waals surface area contributed by atoms with Crippen LogP contribution in [0.4, 0.5) is 0 Å². The number of unbranched alkanes of at least 4 members (excludes halogenated alkanes) is 51. The normalized spacial score (nSPS) is 13.5. The Morgan fingerprint density at radius 1 is 0.420 bits per heavy atom. The van der Waals surface area contributed by atoms with Crippen molar-refractivity contribution in [1.29, 1.82) is 0 Å². The molecule has 0 aromatic rings. The van der Waals surface area contributed by atoms with E-state index < -0.39 is 20.0 Å². The second-order valence-electron chi connectivity index (χ2n) is 26.1. The molecule has 0 heterocycles. The topological polar surface area (TPSA) is 114 Å². The molecule has 482 valence electrons. The van der Waals surface area contributed by atoms with Crippen LogP contribution in [0.2, 0.25) is 0 Å². The van der Waals surface area contributed by atoms with E-state index in [4.69, 9.17) is 13.8 Å². The maximum atomic E-state index is 13.6. The van der Waals surface area contributed by atoms with Gasteiger partial charge in [-0.3, -0.25) is 14.2 Å². The minimum Gasteiger partial charge on any atom is -0.756 e. The third kappa shape index (κ3) is 63.1. The molecule has 0 aromatic carbocycles. The van der Waals surface area contributed by atoms with Crippen LogP contribution in [-0.2, 0) is 27.9 Å². The molecular formula is C71H141N2O7P. The number of quaternary nitrogens is 1. The van der Waals surface area contributed by atoms with Crippen molar-refractivity contribution >= 4 is 19.7 Å². The van der Waals surface area contributed by atoms with Gasteiger partial charge in [-0.05, 0) is 31.8 Å². The summed E-state index contributed by atoms with van der Waals surface area (Å²) in [5, 5.41) is 3.05. The Kier molecular flexibility index (Phi) is 60.9. The average molecular weight is 1170 g/mol. The van der Waals surface area contributed by atoms with E-state index in [1.807, 2.05) is 33.3 Å². The van der Waals surface area contributed by atoms with Crippen LogP contribution in [0.15, 0.2) is 12.2 Å². The van der Waals surface area contributed by atoms with Gasteiger partial charge < -0.3 is 28.5 Å². The van der Waals surface area contributed by atoms with Crippen molar-refractivity contribution in [2.45, 2.75) is 392 Å². The first-order chi connectivity index (χ1) is 39.4. The molecule has 0 rings (SSSR count). The van der Waals surface area contributed by atoms with E-state index in [0.29, 0.717) is 17.4 Å². The molecule has 81 heavy (non-hydrogen) atoms. The van der Waals surface area contributed by atoms with E-state index in [2.05, 4.69) is 26.1 Å². The smallest absolute Gasteiger partial charge is 0.306 e. The maximum absolute atomic E-state index is 13.6. The zero-order chi connectivity index (χ0) is 59.3. The van der Waals surface area contributed by atoms with Crippen molar-refractivity contribution in [2.75, 3.05) is 40.9 Å². The first-order valence-corrected chi connectivity index (χ1v) is 37.5. The number of nitrogens with one attached hydrogen (secondary N) is 1. The molecule has 0 aliphatic rings. The molecule has 0 bridgehead atoms. The van der Waals surface area contributed by atoms with E-state index >= 15 is 0 Å². The number of carbonyl (C=O) groups excluding carboxylic acids is 2. The van der Waals surface area contributed by atoms with E-state index in [9.17, 15) is 19.0 Å². The highest BCUT2D eigenvalue weighted by Crippen LogP contribution is 2.38. The lowest BCUT2D eigenvalue weighted by molar-refractivity contribution is -0.870. The fourth-order valence-corrected chi connectivity index (χ4v) is 11.9. The summed E-state index contributed by atoms with van der Waals surface area (Å²) in [7, 11) is 1.21. The van der Waals surface area contributed by atoms with E-state index in [0.717, 1.165) is 57.8 Å². The number of phosphoric ester groups is 1. The van der Waals surface area contributed by atoms with Gasteiger partial charge in [0.2, 0.25) is 5.91 Å². The number of likely N-dealkylation sites (N-methyl/N-ethyl adjacent to an activating group) is 1. The predicted molar refractivity (Wildman–Crippen MR) is 349 cm³/mol. The molecule has 3 atom stereocenters. The third-order valence-corrected chi connectivity index (χ3v) is 17.7. The second-order valence-corrected chi connectivity index (χ2v) is 27.5. The summed E-state index contributed by atoms with van der Waals surface area (Å²) in [5.41, 5.74) is 0. The van der Waals surface area contributed by atoms with Gasteiger partial charge >= 0.3 is 5.97 Å². The van der Waals surface area contributed by atoms with E-state index in [-0.39, 0.29) is 31.5 Å². The zero-order valence-electron chi connectivity index (χ0n) is 55.3. The molecule has 0 saturated heterocycles. The van der Waals surface area contributed by atoms with Crippen LogP contribution in [0.3, 0.4) is 0 Å². The molecule has 9 nitrogen and oxygen atoms in total. The minimum absolute atomic E-state index is 0.0165. The quantitative estimate of drug-likeness (QED) is 0.0212. The number of allylic oxidation sites excluding steroid dienone is 1. The second kappa shape index (κ2) is 61.8. The van der Waals surface area contributed by atoms with Gasteiger partial charge in [-0.25, -0.2) is 0 Å². The summed E-state index contributed by atoms with van der Waals surface area (Å²) in [6.07, 6.45) is 73.5. The first-order valence-electron chi connectivity index (χ1n) is 36.0. The highest BCUT2D eigenvalue weighted by atomic mass is 31.2. The summed E-state index contributed by atoms with van der Waals surface area (Å²) in [6.45, 7) is 6.92. The monoisotopic (exact) mass is 1170 g/mol. The van der Waals surface area contributed by atoms with Crippen LogP contribution in [0.25, 0.3) is 0 Å². The molecule has 0 spiro atoms. The van der Waals surface area contributed by atoms with Crippen LogP contribution < -0.4 is 10.2 Å². The highest BCUT2D eigenvalue weighted by Gasteiger charge is 2.27. The molecule has 0 aromatic heterocycles. The van der Waals surface area contributed by atoms with Crippen LogP contribution in [0, 0.1) is 0 Å². The van der Waals surface area contributed by atoms with Gasteiger partial charge in [0.15, 0.2) is 0 Å². The van der Waals surface area contributed by atoms with Gasteiger partial charge in [-0.15, -0.1) is 0 Å². The number of carbonyl (C=O) groups is 2. The number of esters is 1. The first kappa shape index (κ1) is 79.8. The number of hydrogen-bond donors (Lipinski definition) is 1. The number of nitrogens with zero attached hydrogens (tertiary/aromatic N) is 1. The van der Waals surface area contributed by atoms with Crippen LogP contribution in [0.5, 0.6) is 0 Å². The molecular weight excluding hydrogens is 1020 g/mol. The molecule has 0 fully saturated rings. The Bertz CT molecular complexity index is 1390. The van der Waals surface area contributed by atoms with Crippen molar-refractivity contribution in [3.8, 4) is 0 Å². The van der Waals surface area contributed by atoms with Gasteiger partial charge in [0.25, 0.3) is 7.82 Å². The largest absolute Gasteiger partial charge is 0.756 e. The predicted octanol–water partition coefficient (Wildman–Crippen LogP) is 22.1. The van der Waals surface area contributed by atoms with Gasteiger partial charge in [-0.2, -0.15) is 0 Å². The average Bonchev–Trinajstić information content (AvgIpc) is 3.44. The molecule has 0 aliphatic heterocycles. The number of phosphoric acid groups is 1. The zero-order valence-corrected chi connectivity index (χ0v) is 56.2. The number of rotatable bonds is 67. The molecule has 10 heteroatoms. The Hall–Kier alpha value is -1.25. The fourth-order valence-electron chi connectivity index (χ4n) is 11.2. The van der Waals surface area contributed by atoms with Crippen molar-refractivity contribution < 1.29 is 37.3 Å². The van der Waals surface area contributed by atoms with Crippen molar-refractivity contribution in [1.82, 2.24) is 5.32 Å². The van der Waals surface area contributed by atoms with E-state index in [1.165, 1.54) is 289 Å². The van der Waals surface area contributed by atoms with Gasteiger partial charge in [-0.1, -0.05) is 348 Å². The molecule has 1 N–H and O–H groups in total. The summed E-state index contributed by atoms with van der Waals surface area (Å²) in [6, 6.07) is -0.880.